The summed E-state index contributed by atoms with van der Waals surface area (Å²) in [7, 11) is -0.970. The number of rotatable bonds is 2. The zero-order chi connectivity index (χ0) is 12.8. The molecule has 2 rings (SSSR count). The molecule has 0 aliphatic carbocycles. The van der Waals surface area contributed by atoms with Gasteiger partial charge in [0, 0.05) is 11.6 Å². The molecule has 0 unspecified atom stereocenters. The largest absolute Gasteiger partial charge is 0.493 e. The fourth-order valence-corrected chi connectivity index (χ4v) is 2.99. The van der Waals surface area contributed by atoms with Crippen molar-refractivity contribution < 1.29 is 22.7 Å². The summed E-state index contributed by atoms with van der Waals surface area (Å²) in [4.78, 5) is 11.2. The number of benzene rings is 1. The Morgan fingerprint density at radius 3 is 2.18 bits per heavy atom. The van der Waals surface area contributed by atoms with E-state index in [-0.39, 0.29) is 16.2 Å². The fourth-order valence-electron chi connectivity index (χ4n) is 1.67. The van der Waals surface area contributed by atoms with Crippen molar-refractivity contribution in [1.82, 2.24) is 0 Å². The third kappa shape index (κ3) is 1.44. The van der Waals surface area contributed by atoms with Crippen LogP contribution in [0.2, 0.25) is 0 Å². The molecule has 0 radical (unpaired) electrons. The minimum atomic E-state index is -3.77. The van der Waals surface area contributed by atoms with Crippen LogP contribution in [0.15, 0.2) is 28.5 Å². The lowest BCUT2D eigenvalue weighted by molar-refractivity contribution is 0.104. The Morgan fingerprint density at radius 2 is 1.65 bits per heavy atom. The SMILES string of the molecule is C=C1C(=O)c2cc(OC)c(OC)cc2S1(=O)=O. The molecular formula is C11H10O5S. The van der Waals surface area contributed by atoms with E-state index in [9.17, 15) is 13.2 Å². The molecule has 1 aliphatic heterocycles. The molecule has 1 aliphatic rings. The Hall–Kier alpha value is -1.82. The van der Waals surface area contributed by atoms with Gasteiger partial charge in [0.25, 0.3) is 0 Å². The van der Waals surface area contributed by atoms with Crippen LogP contribution in [0.4, 0.5) is 0 Å². The second-order valence-electron chi connectivity index (χ2n) is 3.46. The molecule has 0 saturated heterocycles. The van der Waals surface area contributed by atoms with Crippen molar-refractivity contribution in [1.29, 1.82) is 0 Å². The summed E-state index contributed by atoms with van der Waals surface area (Å²) in [5.74, 6) is -0.0252. The molecule has 0 amide bonds. The van der Waals surface area contributed by atoms with E-state index in [4.69, 9.17) is 9.47 Å². The Kier molecular flexibility index (Phi) is 2.46. The standard InChI is InChI=1S/C11H10O5S/c1-6-11(12)7-4-8(15-2)9(16-3)5-10(7)17(6,13)14/h4-5H,1H2,2-3H3. The normalized spacial score (nSPS) is 16.8. The average Bonchev–Trinajstić information content (AvgIpc) is 2.49. The molecule has 0 bridgehead atoms. The second-order valence-corrected chi connectivity index (χ2v) is 5.40. The van der Waals surface area contributed by atoms with E-state index in [2.05, 4.69) is 6.58 Å². The third-order valence-electron chi connectivity index (χ3n) is 2.60. The second kappa shape index (κ2) is 3.59. The van der Waals surface area contributed by atoms with Gasteiger partial charge in [-0.15, -0.1) is 0 Å². The van der Waals surface area contributed by atoms with E-state index in [0.717, 1.165) is 0 Å². The van der Waals surface area contributed by atoms with Crippen LogP contribution >= 0.6 is 0 Å². The first-order chi connectivity index (χ1) is 7.93. The van der Waals surface area contributed by atoms with Gasteiger partial charge in [-0.1, -0.05) is 6.58 Å². The van der Waals surface area contributed by atoms with E-state index in [1.54, 1.807) is 0 Å². The highest BCUT2D eigenvalue weighted by Gasteiger charge is 2.39. The highest BCUT2D eigenvalue weighted by Crippen LogP contribution is 2.40. The highest BCUT2D eigenvalue weighted by molar-refractivity contribution is 7.97. The number of methoxy groups -OCH3 is 2. The zero-order valence-electron chi connectivity index (χ0n) is 9.31. The predicted octanol–water partition coefficient (Wildman–Crippen LogP) is 1.19. The van der Waals surface area contributed by atoms with Gasteiger partial charge in [0.15, 0.2) is 11.5 Å². The smallest absolute Gasteiger partial charge is 0.210 e. The van der Waals surface area contributed by atoms with E-state index >= 15 is 0 Å². The van der Waals surface area contributed by atoms with Gasteiger partial charge in [0.1, 0.15) is 4.91 Å². The highest BCUT2D eigenvalue weighted by atomic mass is 32.2. The minimum absolute atomic E-state index is 0.0765. The van der Waals surface area contributed by atoms with Gasteiger partial charge in [-0.3, -0.25) is 4.79 Å². The molecule has 1 aromatic carbocycles. The number of Topliss-reactive ketones (excluding diaryl/α,β-unsaturated/α-hetero) is 1. The van der Waals surface area contributed by atoms with Crippen LogP contribution in [0, 0.1) is 0 Å². The van der Waals surface area contributed by atoms with Crippen LogP contribution < -0.4 is 9.47 Å². The molecule has 0 aromatic heterocycles. The lowest BCUT2D eigenvalue weighted by Gasteiger charge is -2.08. The van der Waals surface area contributed by atoms with Crippen LogP contribution in [0.5, 0.6) is 11.5 Å². The molecule has 0 N–H and O–H groups in total. The average molecular weight is 254 g/mol. The number of fused-ring (bicyclic) bond motifs is 1. The van der Waals surface area contributed by atoms with Gasteiger partial charge in [0.05, 0.1) is 19.1 Å². The van der Waals surface area contributed by atoms with E-state index in [1.807, 2.05) is 0 Å². The van der Waals surface area contributed by atoms with E-state index < -0.39 is 20.5 Å². The molecule has 0 fully saturated rings. The summed E-state index contributed by atoms with van der Waals surface area (Å²) in [5, 5.41) is 0. The number of allylic oxidation sites excluding steroid dienone is 1. The van der Waals surface area contributed by atoms with Crippen LogP contribution in [0.25, 0.3) is 0 Å². The summed E-state index contributed by atoms with van der Waals surface area (Å²) in [6, 6.07) is 2.63. The quantitative estimate of drug-likeness (QED) is 0.741. The number of hydrogen-bond donors (Lipinski definition) is 0. The summed E-state index contributed by atoms with van der Waals surface area (Å²) < 4.78 is 33.7. The van der Waals surface area contributed by atoms with Crippen molar-refractivity contribution in [2.45, 2.75) is 4.90 Å². The van der Waals surface area contributed by atoms with Crippen LogP contribution in [0.1, 0.15) is 10.4 Å². The molecule has 0 saturated carbocycles. The first-order valence-corrected chi connectivity index (χ1v) is 6.16. The Bertz CT molecular complexity index is 628. The maximum atomic E-state index is 11.8. The van der Waals surface area contributed by atoms with Crippen molar-refractivity contribution in [3.8, 4) is 11.5 Å². The first kappa shape index (κ1) is 11.7. The molecule has 1 aromatic rings. The van der Waals surface area contributed by atoms with Gasteiger partial charge >= 0.3 is 0 Å². The Balaban J connectivity index is 2.81. The molecule has 0 spiro atoms. The van der Waals surface area contributed by atoms with Gasteiger partial charge in [-0.25, -0.2) is 8.42 Å². The van der Waals surface area contributed by atoms with Crippen LogP contribution in [-0.4, -0.2) is 28.4 Å². The van der Waals surface area contributed by atoms with Gasteiger partial charge in [-0.05, 0) is 6.07 Å². The third-order valence-corrected chi connectivity index (χ3v) is 4.35. The molecule has 0 atom stereocenters. The van der Waals surface area contributed by atoms with Crippen molar-refractivity contribution in [2.75, 3.05) is 14.2 Å². The maximum Gasteiger partial charge on any atom is 0.210 e. The number of ketones is 1. The van der Waals surface area contributed by atoms with Gasteiger partial charge in [-0.2, -0.15) is 0 Å². The molecule has 5 nitrogen and oxygen atoms in total. The van der Waals surface area contributed by atoms with Crippen molar-refractivity contribution >= 4 is 15.6 Å². The number of sulfone groups is 1. The van der Waals surface area contributed by atoms with Crippen molar-refractivity contribution in [2.24, 2.45) is 0 Å². The predicted molar refractivity (Wildman–Crippen MR) is 60.2 cm³/mol. The summed E-state index contributed by atoms with van der Waals surface area (Å²) in [6.07, 6.45) is 0. The summed E-state index contributed by atoms with van der Waals surface area (Å²) in [6.45, 7) is 3.29. The Labute approximate surface area is 98.6 Å². The van der Waals surface area contributed by atoms with Crippen molar-refractivity contribution in [3.05, 3.63) is 29.2 Å². The molecule has 90 valence electrons. The topological polar surface area (TPSA) is 69.7 Å². The number of hydrogen-bond acceptors (Lipinski definition) is 5. The Morgan fingerprint density at radius 1 is 1.12 bits per heavy atom. The van der Waals surface area contributed by atoms with Gasteiger partial charge < -0.3 is 9.47 Å². The monoisotopic (exact) mass is 254 g/mol. The zero-order valence-corrected chi connectivity index (χ0v) is 10.1. The van der Waals surface area contributed by atoms with Crippen molar-refractivity contribution in [3.63, 3.8) is 0 Å². The summed E-state index contributed by atoms with van der Waals surface area (Å²) in [5.41, 5.74) is 0.0765. The summed E-state index contributed by atoms with van der Waals surface area (Å²) >= 11 is 0. The lowest BCUT2D eigenvalue weighted by Crippen LogP contribution is -1.99. The molecule has 1 heterocycles. The fraction of sp³-hybridized carbons (Fsp3) is 0.182. The van der Waals surface area contributed by atoms with Crippen LogP contribution in [0.3, 0.4) is 0 Å². The van der Waals surface area contributed by atoms with E-state index in [1.165, 1.54) is 26.4 Å². The van der Waals surface area contributed by atoms with Gasteiger partial charge in [0.2, 0.25) is 15.6 Å². The molecule has 17 heavy (non-hydrogen) atoms. The molecular weight excluding hydrogens is 244 g/mol. The number of carbonyl (C=O) groups is 1. The van der Waals surface area contributed by atoms with Crippen LogP contribution in [-0.2, 0) is 9.84 Å². The lowest BCUT2D eigenvalue weighted by atomic mass is 10.1. The maximum absolute atomic E-state index is 11.8. The van der Waals surface area contributed by atoms with E-state index in [0.29, 0.717) is 5.75 Å². The number of ether oxygens (including phenoxy) is 2. The number of carbonyl (C=O) groups excluding carboxylic acids is 1. The minimum Gasteiger partial charge on any atom is -0.493 e. The molecule has 6 heteroatoms. The first-order valence-electron chi connectivity index (χ1n) is 4.68.